The first-order valence-corrected chi connectivity index (χ1v) is 9.30. The van der Waals surface area contributed by atoms with Gasteiger partial charge in [-0.15, -0.1) is 0 Å². The first kappa shape index (κ1) is 22.7. The van der Waals surface area contributed by atoms with Crippen molar-refractivity contribution < 1.29 is 19.0 Å². The summed E-state index contributed by atoms with van der Waals surface area (Å²) in [6.07, 6.45) is 7.20. The number of aliphatic hydroxyl groups excluding tert-OH is 2. The van der Waals surface area contributed by atoms with Crippen LogP contribution in [-0.2, 0) is 0 Å². The summed E-state index contributed by atoms with van der Waals surface area (Å²) in [5.74, 6) is -3.14. The normalized spacial score (nSPS) is 16.3. The molecule has 0 aromatic heterocycles. The molecule has 0 aromatic rings. The van der Waals surface area contributed by atoms with E-state index < -0.39 is 24.2 Å². The van der Waals surface area contributed by atoms with E-state index in [-0.39, 0.29) is 12.8 Å². The molecule has 0 radical (unpaired) electrons. The van der Waals surface area contributed by atoms with Gasteiger partial charge in [-0.2, -0.15) is 0 Å². The molecule has 0 bridgehead atoms. The monoisotopic (exact) mass is 337 g/mol. The standard InChI is InChI=1S/C18H37F2NO2/c1-3-4-5-6-7-8-9-10-11-12-13-18(19,20)17(23)14-16(22)15(2)21/h15-17,22-23H,3-14,21H2,1-2H3/t15-,16?,17+/m0/s1. The SMILES string of the molecule is CCCCCCCCCCCCC(F)(F)[C@H](O)CC(O)[C@H](C)N. The van der Waals surface area contributed by atoms with Crippen LogP contribution in [0.2, 0.25) is 0 Å². The Labute approximate surface area is 140 Å². The molecular formula is C18H37F2NO2. The van der Waals surface area contributed by atoms with Crippen LogP contribution in [0.25, 0.3) is 0 Å². The molecule has 0 fully saturated rings. The molecular weight excluding hydrogens is 300 g/mol. The highest BCUT2D eigenvalue weighted by Gasteiger charge is 2.38. The summed E-state index contributed by atoms with van der Waals surface area (Å²) in [7, 11) is 0. The number of rotatable bonds is 15. The molecule has 23 heavy (non-hydrogen) atoms. The van der Waals surface area contributed by atoms with E-state index >= 15 is 0 Å². The number of nitrogens with two attached hydrogens (primary N) is 1. The van der Waals surface area contributed by atoms with Crippen LogP contribution in [0.4, 0.5) is 8.78 Å². The fraction of sp³-hybridized carbons (Fsp3) is 1.00. The molecule has 5 heteroatoms. The molecule has 0 saturated carbocycles. The number of halogens is 2. The largest absolute Gasteiger partial charge is 0.391 e. The summed E-state index contributed by atoms with van der Waals surface area (Å²) in [5, 5.41) is 19.1. The second-order valence-corrected chi connectivity index (χ2v) is 6.87. The van der Waals surface area contributed by atoms with E-state index in [0.717, 1.165) is 19.3 Å². The Hall–Kier alpha value is -0.260. The predicted molar refractivity (Wildman–Crippen MR) is 91.7 cm³/mol. The van der Waals surface area contributed by atoms with E-state index in [1.807, 2.05) is 0 Å². The summed E-state index contributed by atoms with van der Waals surface area (Å²) in [6, 6.07) is -0.613. The van der Waals surface area contributed by atoms with Gasteiger partial charge in [0, 0.05) is 18.9 Å². The molecule has 0 aliphatic heterocycles. The van der Waals surface area contributed by atoms with Crippen LogP contribution in [0.1, 0.15) is 90.9 Å². The van der Waals surface area contributed by atoms with Crippen LogP contribution in [0, 0.1) is 0 Å². The maximum absolute atomic E-state index is 13.8. The lowest BCUT2D eigenvalue weighted by Crippen LogP contribution is -2.41. The smallest absolute Gasteiger partial charge is 0.273 e. The third-order valence-corrected chi connectivity index (χ3v) is 4.42. The van der Waals surface area contributed by atoms with Crippen molar-refractivity contribution in [3.05, 3.63) is 0 Å². The van der Waals surface area contributed by atoms with Gasteiger partial charge >= 0.3 is 0 Å². The number of hydrogen-bond acceptors (Lipinski definition) is 3. The van der Waals surface area contributed by atoms with Crippen molar-refractivity contribution in [2.45, 2.75) is 115 Å². The molecule has 0 aliphatic rings. The number of alkyl halides is 2. The fourth-order valence-electron chi connectivity index (χ4n) is 2.63. The third kappa shape index (κ3) is 11.8. The van der Waals surface area contributed by atoms with E-state index in [2.05, 4.69) is 6.92 Å². The molecule has 0 saturated heterocycles. The zero-order valence-corrected chi connectivity index (χ0v) is 14.9. The van der Waals surface area contributed by atoms with E-state index in [1.54, 1.807) is 0 Å². The Kier molecular flexibility index (Phi) is 12.9. The van der Waals surface area contributed by atoms with Gasteiger partial charge in [-0.3, -0.25) is 0 Å². The third-order valence-electron chi connectivity index (χ3n) is 4.42. The van der Waals surface area contributed by atoms with Crippen LogP contribution in [-0.4, -0.2) is 34.4 Å². The van der Waals surface area contributed by atoms with Crippen molar-refractivity contribution in [2.75, 3.05) is 0 Å². The number of hydrogen-bond donors (Lipinski definition) is 3. The molecule has 140 valence electrons. The lowest BCUT2D eigenvalue weighted by molar-refractivity contribution is -0.128. The predicted octanol–water partition coefficient (Wildman–Crippen LogP) is 4.39. The minimum atomic E-state index is -3.14. The summed E-state index contributed by atoms with van der Waals surface area (Å²) >= 11 is 0. The van der Waals surface area contributed by atoms with Crippen LogP contribution in [0.3, 0.4) is 0 Å². The van der Waals surface area contributed by atoms with Crippen molar-refractivity contribution in [3.8, 4) is 0 Å². The number of unbranched alkanes of at least 4 members (excludes halogenated alkanes) is 9. The minimum Gasteiger partial charge on any atom is -0.391 e. The molecule has 1 unspecified atom stereocenters. The van der Waals surface area contributed by atoms with Gasteiger partial charge in [-0.25, -0.2) is 8.78 Å². The topological polar surface area (TPSA) is 66.5 Å². The highest BCUT2D eigenvalue weighted by Crippen LogP contribution is 2.29. The molecule has 0 spiro atoms. The van der Waals surface area contributed by atoms with Gasteiger partial charge in [0.25, 0.3) is 5.92 Å². The van der Waals surface area contributed by atoms with E-state index in [4.69, 9.17) is 5.73 Å². The van der Waals surface area contributed by atoms with Gasteiger partial charge in [0.2, 0.25) is 0 Å². The summed E-state index contributed by atoms with van der Waals surface area (Å²) < 4.78 is 27.6. The molecule has 3 nitrogen and oxygen atoms in total. The van der Waals surface area contributed by atoms with Crippen molar-refractivity contribution in [2.24, 2.45) is 5.73 Å². The van der Waals surface area contributed by atoms with Gasteiger partial charge < -0.3 is 15.9 Å². The highest BCUT2D eigenvalue weighted by atomic mass is 19.3. The van der Waals surface area contributed by atoms with Gasteiger partial charge in [0.1, 0.15) is 6.10 Å². The Morgan fingerprint density at radius 2 is 1.30 bits per heavy atom. The van der Waals surface area contributed by atoms with Crippen LogP contribution in [0.15, 0.2) is 0 Å². The summed E-state index contributed by atoms with van der Waals surface area (Å²) in [5.41, 5.74) is 5.43. The van der Waals surface area contributed by atoms with E-state index in [0.29, 0.717) is 6.42 Å². The summed E-state index contributed by atoms with van der Waals surface area (Å²) in [6.45, 7) is 3.74. The average Bonchev–Trinajstić information content (AvgIpc) is 2.48. The molecule has 4 N–H and O–H groups in total. The van der Waals surface area contributed by atoms with Crippen LogP contribution in [0.5, 0.6) is 0 Å². The van der Waals surface area contributed by atoms with Crippen LogP contribution < -0.4 is 5.73 Å². The first-order valence-electron chi connectivity index (χ1n) is 9.30. The van der Waals surface area contributed by atoms with Gasteiger partial charge in [0.15, 0.2) is 0 Å². The Morgan fingerprint density at radius 3 is 1.74 bits per heavy atom. The molecule has 0 aromatic carbocycles. The lowest BCUT2D eigenvalue weighted by Gasteiger charge is -2.25. The Bertz CT molecular complexity index is 276. The maximum Gasteiger partial charge on any atom is 0.273 e. The van der Waals surface area contributed by atoms with E-state index in [1.165, 1.54) is 45.4 Å². The molecule has 0 heterocycles. The second kappa shape index (κ2) is 13.1. The van der Waals surface area contributed by atoms with Crippen molar-refractivity contribution >= 4 is 0 Å². The minimum absolute atomic E-state index is 0.323. The zero-order chi connectivity index (χ0) is 17.7. The highest BCUT2D eigenvalue weighted by molar-refractivity contribution is 4.81. The van der Waals surface area contributed by atoms with Gasteiger partial charge in [-0.05, 0) is 13.3 Å². The maximum atomic E-state index is 13.8. The Balaban J connectivity index is 3.65. The summed E-state index contributed by atoms with van der Waals surface area (Å²) in [4.78, 5) is 0. The zero-order valence-electron chi connectivity index (χ0n) is 14.9. The molecule has 3 atom stereocenters. The number of aliphatic hydroxyl groups is 2. The van der Waals surface area contributed by atoms with Gasteiger partial charge in [0.05, 0.1) is 6.10 Å². The lowest BCUT2D eigenvalue weighted by atomic mass is 9.97. The molecule has 0 amide bonds. The van der Waals surface area contributed by atoms with Crippen LogP contribution >= 0.6 is 0 Å². The van der Waals surface area contributed by atoms with Crippen molar-refractivity contribution in [1.82, 2.24) is 0 Å². The second-order valence-electron chi connectivity index (χ2n) is 6.87. The van der Waals surface area contributed by atoms with Crippen molar-refractivity contribution in [3.63, 3.8) is 0 Å². The first-order chi connectivity index (χ1) is 10.8. The average molecular weight is 337 g/mol. The molecule has 0 aliphatic carbocycles. The molecule has 0 rings (SSSR count). The van der Waals surface area contributed by atoms with E-state index in [9.17, 15) is 19.0 Å². The quantitative estimate of drug-likeness (QED) is 0.388. The Morgan fingerprint density at radius 1 is 0.870 bits per heavy atom. The van der Waals surface area contributed by atoms with Gasteiger partial charge in [-0.1, -0.05) is 64.7 Å². The van der Waals surface area contributed by atoms with Crippen molar-refractivity contribution in [1.29, 1.82) is 0 Å². The fourth-order valence-corrected chi connectivity index (χ4v) is 2.63.